The first-order valence-corrected chi connectivity index (χ1v) is 11.0. The molecule has 28 heavy (non-hydrogen) atoms. The third-order valence-electron chi connectivity index (χ3n) is 6.61. The quantitative estimate of drug-likeness (QED) is 0.341. The molecule has 2 rings (SSSR count). The Morgan fingerprint density at radius 1 is 1.11 bits per heavy atom. The summed E-state index contributed by atoms with van der Waals surface area (Å²) >= 11 is 0. The number of rotatable bonds is 9. The summed E-state index contributed by atoms with van der Waals surface area (Å²) in [6.45, 7) is 10.4. The zero-order valence-corrected chi connectivity index (χ0v) is 18.4. The number of hydrogen-bond acceptors (Lipinski definition) is 2. The predicted octanol–water partition coefficient (Wildman–Crippen LogP) is 7.39. The molecule has 0 heterocycles. The second kappa shape index (κ2) is 9.80. The lowest BCUT2D eigenvalue weighted by molar-refractivity contribution is 0.298. The first kappa shape index (κ1) is 22.8. The van der Waals surface area contributed by atoms with Gasteiger partial charge in [0, 0.05) is 11.5 Å². The molecule has 2 unspecified atom stereocenters. The summed E-state index contributed by atoms with van der Waals surface area (Å²) in [5, 5.41) is 21.7. The number of phenols is 2. The maximum atomic E-state index is 13.3. The van der Waals surface area contributed by atoms with E-state index in [1.807, 2.05) is 18.2 Å². The van der Waals surface area contributed by atoms with Crippen LogP contribution in [-0.4, -0.2) is 16.9 Å². The lowest BCUT2D eigenvalue weighted by atomic mass is 9.71. The summed E-state index contributed by atoms with van der Waals surface area (Å²) < 4.78 is 13.3. The van der Waals surface area contributed by atoms with E-state index >= 15 is 0 Å². The van der Waals surface area contributed by atoms with Gasteiger partial charge in [-0.3, -0.25) is 0 Å². The van der Waals surface area contributed by atoms with Gasteiger partial charge >= 0.3 is 0 Å². The van der Waals surface area contributed by atoms with Crippen molar-refractivity contribution in [1.29, 1.82) is 0 Å². The first-order valence-electron chi connectivity index (χ1n) is 11.0. The smallest absolute Gasteiger partial charge is 0.123 e. The largest absolute Gasteiger partial charge is 0.507 e. The topological polar surface area (TPSA) is 40.5 Å². The van der Waals surface area contributed by atoms with E-state index < -0.39 is 6.67 Å². The van der Waals surface area contributed by atoms with Gasteiger partial charge in [0.25, 0.3) is 0 Å². The van der Waals surface area contributed by atoms with Gasteiger partial charge in [-0.1, -0.05) is 66.4 Å². The minimum Gasteiger partial charge on any atom is -0.507 e. The molecule has 2 N–H and O–H groups in total. The number of halogens is 1. The zero-order valence-electron chi connectivity index (χ0n) is 18.4. The number of allylic oxidation sites excluding steroid dienone is 2. The highest BCUT2D eigenvalue weighted by Gasteiger charge is 2.33. The molecule has 0 bridgehead atoms. The summed E-state index contributed by atoms with van der Waals surface area (Å²) in [6, 6.07) is 3.65. The Kier molecular flexibility index (Phi) is 7.97. The van der Waals surface area contributed by atoms with Crippen LogP contribution in [0.2, 0.25) is 0 Å². The van der Waals surface area contributed by atoms with Crippen LogP contribution in [0.3, 0.4) is 0 Å². The number of hydrogen-bond donors (Lipinski definition) is 2. The standard InChI is InChI=1S/C25H39FO2/c1-6-7-8-9-12-25(4,5)19-14-22(27)24(23(28)15-19)21-13-18(16-26)10-11-20(21)17(2)3/h13-15,17,20-21,27-28H,6-12,16H2,1-5H3. The maximum Gasteiger partial charge on any atom is 0.123 e. The van der Waals surface area contributed by atoms with E-state index in [-0.39, 0.29) is 22.8 Å². The minimum atomic E-state index is -0.453. The molecule has 1 aromatic carbocycles. The Balaban J connectivity index is 2.34. The van der Waals surface area contributed by atoms with Crippen molar-refractivity contribution in [3.05, 3.63) is 34.9 Å². The van der Waals surface area contributed by atoms with E-state index in [1.165, 1.54) is 19.3 Å². The second-order valence-corrected chi connectivity index (χ2v) is 9.55. The van der Waals surface area contributed by atoms with Crippen LogP contribution in [0.25, 0.3) is 0 Å². The van der Waals surface area contributed by atoms with Crippen molar-refractivity contribution < 1.29 is 14.6 Å². The molecule has 0 fully saturated rings. The van der Waals surface area contributed by atoms with Crippen molar-refractivity contribution in [1.82, 2.24) is 0 Å². The molecule has 0 radical (unpaired) electrons. The predicted molar refractivity (Wildman–Crippen MR) is 116 cm³/mol. The van der Waals surface area contributed by atoms with Gasteiger partial charge in [-0.2, -0.15) is 0 Å². The van der Waals surface area contributed by atoms with E-state index in [9.17, 15) is 14.6 Å². The average molecular weight is 391 g/mol. The molecule has 158 valence electrons. The van der Waals surface area contributed by atoms with Crippen LogP contribution in [0.4, 0.5) is 4.39 Å². The molecule has 3 heteroatoms. The summed E-state index contributed by atoms with van der Waals surface area (Å²) in [7, 11) is 0. The Morgan fingerprint density at radius 3 is 2.29 bits per heavy atom. The van der Waals surface area contributed by atoms with Gasteiger partial charge in [-0.25, -0.2) is 4.39 Å². The second-order valence-electron chi connectivity index (χ2n) is 9.55. The lowest BCUT2D eigenvalue weighted by Gasteiger charge is -2.34. The molecule has 0 amide bonds. The molecule has 2 nitrogen and oxygen atoms in total. The van der Waals surface area contributed by atoms with Gasteiger partial charge < -0.3 is 10.2 Å². The average Bonchev–Trinajstić information content (AvgIpc) is 2.64. The Morgan fingerprint density at radius 2 is 1.75 bits per heavy atom. The summed E-state index contributed by atoms with van der Waals surface area (Å²) in [6.07, 6.45) is 9.43. The number of aromatic hydroxyl groups is 2. The molecule has 0 saturated heterocycles. The number of unbranched alkanes of at least 4 members (excludes halogenated alkanes) is 3. The fourth-order valence-electron chi connectivity index (χ4n) is 4.64. The molecule has 1 aliphatic rings. The highest BCUT2D eigenvalue weighted by molar-refractivity contribution is 5.52. The number of benzene rings is 1. The van der Waals surface area contributed by atoms with E-state index in [0.29, 0.717) is 17.4 Å². The van der Waals surface area contributed by atoms with Gasteiger partial charge in [0.1, 0.15) is 18.2 Å². The van der Waals surface area contributed by atoms with E-state index in [2.05, 4.69) is 34.6 Å². The highest BCUT2D eigenvalue weighted by atomic mass is 19.1. The fraction of sp³-hybridized carbons (Fsp3) is 0.680. The van der Waals surface area contributed by atoms with Crippen molar-refractivity contribution in [2.75, 3.05) is 6.67 Å². The molecule has 1 aromatic rings. The third-order valence-corrected chi connectivity index (χ3v) is 6.61. The van der Waals surface area contributed by atoms with Crippen LogP contribution in [-0.2, 0) is 5.41 Å². The molecule has 0 aromatic heterocycles. The van der Waals surface area contributed by atoms with Crippen LogP contribution >= 0.6 is 0 Å². The van der Waals surface area contributed by atoms with Gasteiger partial charge in [0.05, 0.1) is 0 Å². The van der Waals surface area contributed by atoms with Crippen molar-refractivity contribution in [3.8, 4) is 11.5 Å². The van der Waals surface area contributed by atoms with Gasteiger partial charge in [-0.05, 0) is 59.8 Å². The van der Waals surface area contributed by atoms with Crippen molar-refractivity contribution in [3.63, 3.8) is 0 Å². The molecule has 2 atom stereocenters. The lowest BCUT2D eigenvalue weighted by Crippen LogP contribution is -2.22. The van der Waals surface area contributed by atoms with Crippen LogP contribution in [0.5, 0.6) is 11.5 Å². The van der Waals surface area contributed by atoms with Gasteiger partial charge in [-0.15, -0.1) is 0 Å². The maximum absolute atomic E-state index is 13.3. The molecule has 0 spiro atoms. The van der Waals surface area contributed by atoms with Crippen molar-refractivity contribution in [2.24, 2.45) is 11.8 Å². The number of phenolic OH excluding ortho intramolecular Hbond substituents is 2. The monoisotopic (exact) mass is 390 g/mol. The van der Waals surface area contributed by atoms with Crippen LogP contribution < -0.4 is 0 Å². The molecule has 0 saturated carbocycles. The fourth-order valence-corrected chi connectivity index (χ4v) is 4.64. The molecule has 0 aliphatic heterocycles. The third kappa shape index (κ3) is 5.30. The van der Waals surface area contributed by atoms with Crippen LogP contribution in [0.1, 0.15) is 96.6 Å². The Labute approximate surface area is 170 Å². The summed E-state index contributed by atoms with van der Waals surface area (Å²) in [5.41, 5.74) is 2.20. The molecule has 1 aliphatic carbocycles. The normalized spacial score (nSPS) is 20.5. The van der Waals surface area contributed by atoms with E-state index in [4.69, 9.17) is 0 Å². The first-order chi connectivity index (χ1) is 13.2. The van der Waals surface area contributed by atoms with Crippen LogP contribution in [0, 0.1) is 11.8 Å². The summed E-state index contributed by atoms with van der Waals surface area (Å²) in [5.74, 6) is 0.837. The highest BCUT2D eigenvalue weighted by Crippen LogP contribution is 2.48. The SMILES string of the molecule is CCCCCCC(C)(C)c1cc(O)c(C2C=C(CF)CCC2C(C)C)c(O)c1. The van der Waals surface area contributed by atoms with Crippen LogP contribution in [0.15, 0.2) is 23.8 Å². The molecular weight excluding hydrogens is 351 g/mol. The molecular formula is C25H39FO2. The van der Waals surface area contributed by atoms with E-state index in [0.717, 1.165) is 36.8 Å². The minimum absolute atomic E-state index is 0.106. The zero-order chi connectivity index (χ0) is 20.9. The number of alkyl halides is 1. The van der Waals surface area contributed by atoms with Crippen molar-refractivity contribution in [2.45, 2.75) is 90.9 Å². The van der Waals surface area contributed by atoms with Gasteiger partial charge in [0.2, 0.25) is 0 Å². The summed E-state index contributed by atoms with van der Waals surface area (Å²) in [4.78, 5) is 0. The Hall–Kier alpha value is -1.51. The van der Waals surface area contributed by atoms with Crippen molar-refractivity contribution >= 4 is 0 Å². The van der Waals surface area contributed by atoms with Gasteiger partial charge in [0.15, 0.2) is 0 Å². The van der Waals surface area contributed by atoms with E-state index in [1.54, 1.807) is 0 Å². The Bertz CT molecular complexity index is 652.